The van der Waals surface area contributed by atoms with Crippen molar-refractivity contribution in [1.82, 2.24) is 14.7 Å². The predicted octanol–water partition coefficient (Wildman–Crippen LogP) is 1.71. The summed E-state index contributed by atoms with van der Waals surface area (Å²) in [6, 6.07) is 10.6. The second kappa shape index (κ2) is 6.60. The lowest BCUT2D eigenvalue weighted by molar-refractivity contribution is 0.301. The Bertz CT molecular complexity index is 976. The Morgan fingerprint density at radius 2 is 1.88 bits per heavy atom. The van der Waals surface area contributed by atoms with E-state index in [1.54, 1.807) is 24.3 Å². The molecule has 0 amide bonds. The van der Waals surface area contributed by atoms with Crippen LogP contribution >= 0.6 is 0 Å². The number of aliphatic hydroxyl groups excluding tert-OH is 1. The van der Waals surface area contributed by atoms with Gasteiger partial charge >= 0.3 is 0 Å². The Labute approximate surface area is 138 Å². The Kier molecular flexibility index (Phi) is 4.52. The second-order valence-corrected chi connectivity index (χ2v) is 6.78. The van der Waals surface area contributed by atoms with Crippen molar-refractivity contribution in [3.8, 4) is 11.3 Å². The van der Waals surface area contributed by atoms with Crippen molar-refractivity contribution in [2.45, 2.75) is 4.90 Å². The highest BCUT2D eigenvalue weighted by Gasteiger charge is 2.13. The van der Waals surface area contributed by atoms with Gasteiger partial charge in [0.25, 0.3) is 0 Å². The molecule has 0 saturated heterocycles. The summed E-state index contributed by atoms with van der Waals surface area (Å²) in [5.41, 5.74) is 1.79. The van der Waals surface area contributed by atoms with Crippen molar-refractivity contribution < 1.29 is 17.9 Å². The number of rotatable bonds is 5. The van der Waals surface area contributed by atoms with Gasteiger partial charge in [0.1, 0.15) is 5.52 Å². The molecule has 0 bridgehead atoms. The Morgan fingerprint density at radius 1 is 1.12 bits per heavy atom. The van der Waals surface area contributed by atoms with E-state index < -0.39 is 15.8 Å². The summed E-state index contributed by atoms with van der Waals surface area (Å²) in [6.45, 7) is -0.327. The predicted molar refractivity (Wildman–Crippen MR) is 87.2 cm³/mol. The van der Waals surface area contributed by atoms with Crippen LogP contribution in [0, 0.1) is 5.82 Å². The van der Waals surface area contributed by atoms with E-state index in [9.17, 15) is 12.8 Å². The van der Waals surface area contributed by atoms with Crippen LogP contribution in [0.5, 0.6) is 0 Å². The summed E-state index contributed by atoms with van der Waals surface area (Å²) in [6.07, 6.45) is 1.44. The van der Waals surface area contributed by atoms with E-state index >= 15 is 0 Å². The van der Waals surface area contributed by atoms with Crippen molar-refractivity contribution in [2.75, 3.05) is 13.2 Å². The van der Waals surface area contributed by atoms with Gasteiger partial charge in [-0.2, -0.15) is 0 Å². The van der Waals surface area contributed by atoms with E-state index in [4.69, 9.17) is 5.11 Å². The van der Waals surface area contributed by atoms with Crippen molar-refractivity contribution in [3.05, 3.63) is 54.5 Å². The fourth-order valence-electron chi connectivity index (χ4n) is 2.21. The highest BCUT2D eigenvalue weighted by atomic mass is 32.2. The first-order valence-corrected chi connectivity index (χ1v) is 8.62. The van der Waals surface area contributed by atoms with E-state index in [0.717, 1.165) is 0 Å². The molecule has 6 nitrogen and oxygen atoms in total. The topological polar surface area (TPSA) is 92.2 Å². The van der Waals surface area contributed by atoms with E-state index in [2.05, 4.69) is 14.7 Å². The Hall–Kier alpha value is -2.42. The van der Waals surface area contributed by atoms with Crippen LogP contribution < -0.4 is 4.72 Å². The molecule has 0 saturated carbocycles. The quantitative estimate of drug-likeness (QED) is 0.733. The molecule has 1 aromatic heterocycles. The van der Waals surface area contributed by atoms with Crippen LogP contribution in [0.25, 0.3) is 22.3 Å². The van der Waals surface area contributed by atoms with E-state index in [1.165, 1.54) is 24.4 Å². The van der Waals surface area contributed by atoms with Crippen molar-refractivity contribution in [1.29, 1.82) is 0 Å². The maximum Gasteiger partial charge on any atom is 0.240 e. The monoisotopic (exact) mass is 347 g/mol. The summed E-state index contributed by atoms with van der Waals surface area (Å²) >= 11 is 0. The minimum absolute atomic E-state index is 0.0498. The van der Waals surface area contributed by atoms with Gasteiger partial charge in [-0.15, -0.1) is 0 Å². The fraction of sp³-hybridized carbons (Fsp3) is 0.125. The number of sulfonamides is 1. The number of hydrogen-bond acceptors (Lipinski definition) is 5. The van der Waals surface area contributed by atoms with Crippen LogP contribution in [0.3, 0.4) is 0 Å². The van der Waals surface area contributed by atoms with Crippen LogP contribution in [-0.4, -0.2) is 36.6 Å². The van der Waals surface area contributed by atoms with E-state index in [0.29, 0.717) is 16.8 Å². The molecule has 8 heteroatoms. The third kappa shape index (κ3) is 3.25. The molecular formula is C16H14FN3O3S. The molecule has 0 aliphatic carbocycles. The number of benzene rings is 2. The highest BCUT2D eigenvalue weighted by molar-refractivity contribution is 7.89. The van der Waals surface area contributed by atoms with Crippen LogP contribution in [0.4, 0.5) is 4.39 Å². The lowest BCUT2D eigenvalue weighted by Crippen LogP contribution is -2.26. The Morgan fingerprint density at radius 3 is 2.58 bits per heavy atom. The molecule has 0 aliphatic rings. The maximum atomic E-state index is 13.6. The lowest BCUT2D eigenvalue weighted by atomic mass is 10.1. The summed E-state index contributed by atoms with van der Waals surface area (Å²) in [7, 11) is -3.66. The number of halogens is 1. The van der Waals surface area contributed by atoms with Crippen LogP contribution in [0.15, 0.2) is 53.6 Å². The van der Waals surface area contributed by atoms with Crippen molar-refractivity contribution in [3.63, 3.8) is 0 Å². The van der Waals surface area contributed by atoms with Gasteiger partial charge in [-0.1, -0.05) is 18.2 Å². The zero-order valence-electron chi connectivity index (χ0n) is 12.5. The van der Waals surface area contributed by atoms with Gasteiger partial charge in [0, 0.05) is 12.1 Å². The molecule has 0 radical (unpaired) electrons. The largest absolute Gasteiger partial charge is 0.395 e. The first-order chi connectivity index (χ1) is 11.5. The zero-order chi connectivity index (χ0) is 17.2. The third-order valence-corrected chi connectivity index (χ3v) is 4.86. The van der Waals surface area contributed by atoms with Gasteiger partial charge in [-0.25, -0.2) is 27.5 Å². The molecule has 0 spiro atoms. The van der Waals surface area contributed by atoms with Gasteiger partial charge < -0.3 is 5.11 Å². The summed E-state index contributed by atoms with van der Waals surface area (Å²) in [4.78, 5) is 8.50. The molecule has 0 fully saturated rings. The highest BCUT2D eigenvalue weighted by Crippen LogP contribution is 2.22. The molecule has 2 aromatic carbocycles. The van der Waals surface area contributed by atoms with Crippen molar-refractivity contribution >= 4 is 21.1 Å². The minimum Gasteiger partial charge on any atom is -0.395 e. The summed E-state index contributed by atoms with van der Waals surface area (Å²) in [5.74, 6) is -0.442. The SMILES string of the molecule is O=S(=O)(NCCO)c1ccc(-c2cnc3c(F)cccc3n2)cc1. The fourth-order valence-corrected chi connectivity index (χ4v) is 3.23. The number of aliphatic hydroxyl groups is 1. The number of nitrogens with zero attached hydrogens (tertiary/aromatic N) is 2. The molecule has 0 aliphatic heterocycles. The number of nitrogens with one attached hydrogen (secondary N) is 1. The van der Waals surface area contributed by atoms with Crippen LogP contribution in [-0.2, 0) is 10.0 Å². The molecule has 24 heavy (non-hydrogen) atoms. The molecule has 1 heterocycles. The molecule has 3 rings (SSSR count). The number of hydrogen-bond donors (Lipinski definition) is 2. The third-order valence-electron chi connectivity index (χ3n) is 3.39. The van der Waals surface area contributed by atoms with Crippen LogP contribution in [0.1, 0.15) is 0 Å². The average Bonchev–Trinajstić information content (AvgIpc) is 2.60. The standard InChI is InChI=1S/C16H14FN3O3S/c17-13-2-1-3-14-16(13)18-10-15(20-14)11-4-6-12(7-5-11)24(22,23)19-8-9-21/h1-7,10,19,21H,8-9H2. The smallest absolute Gasteiger partial charge is 0.240 e. The summed E-state index contributed by atoms with van der Waals surface area (Å²) < 4.78 is 39.8. The van der Waals surface area contributed by atoms with E-state index in [1.807, 2.05) is 0 Å². The maximum absolute atomic E-state index is 13.6. The number of aromatic nitrogens is 2. The van der Waals surface area contributed by atoms with E-state index in [-0.39, 0.29) is 23.6 Å². The first-order valence-electron chi connectivity index (χ1n) is 7.13. The van der Waals surface area contributed by atoms with Crippen LogP contribution in [0.2, 0.25) is 0 Å². The molecule has 0 atom stereocenters. The number of fused-ring (bicyclic) bond motifs is 1. The summed E-state index contributed by atoms with van der Waals surface area (Å²) in [5, 5.41) is 8.71. The molecule has 0 unspecified atom stereocenters. The second-order valence-electron chi connectivity index (χ2n) is 5.01. The number of para-hydroxylation sites is 1. The van der Waals surface area contributed by atoms with Gasteiger partial charge in [0.2, 0.25) is 10.0 Å². The lowest BCUT2D eigenvalue weighted by Gasteiger charge is -2.07. The molecule has 124 valence electrons. The minimum atomic E-state index is -3.66. The molecule has 3 aromatic rings. The molecular weight excluding hydrogens is 333 g/mol. The first kappa shape index (κ1) is 16.4. The average molecular weight is 347 g/mol. The van der Waals surface area contributed by atoms with Gasteiger partial charge in [-0.05, 0) is 24.3 Å². The van der Waals surface area contributed by atoms with Gasteiger partial charge in [0.05, 0.1) is 28.9 Å². The van der Waals surface area contributed by atoms with Crippen molar-refractivity contribution in [2.24, 2.45) is 0 Å². The Balaban J connectivity index is 1.94. The van der Waals surface area contributed by atoms with Gasteiger partial charge in [-0.3, -0.25) is 0 Å². The zero-order valence-corrected chi connectivity index (χ0v) is 13.3. The molecule has 2 N–H and O–H groups in total. The normalized spacial score (nSPS) is 11.8. The van der Waals surface area contributed by atoms with Gasteiger partial charge in [0.15, 0.2) is 5.82 Å².